The van der Waals surface area contributed by atoms with Crippen molar-refractivity contribution >= 4 is 23.2 Å². The van der Waals surface area contributed by atoms with E-state index in [-0.39, 0.29) is 5.91 Å². The second-order valence-electron chi connectivity index (χ2n) is 3.59. The lowest BCUT2D eigenvalue weighted by molar-refractivity contribution is -0.116. The first kappa shape index (κ1) is 12.4. The molecular weight excluding hydrogens is 256 g/mol. The molecule has 94 valence electrons. The fraction of sp³-hybridized carbons (Fsp3) is 0.300. The summed E-state index contributed by atoms with van der Waals surface area (Å²) in [7, 11) is 0. The Labute approximate surface area is 108 Å². The number of nitrogens with zero attached hydrogens (tertiary/aromatic N) is 5. The summed E-state index contributed by atoms with van der Waals surface area (Å²) in [5, 5.41) is 13.8. The van der Waals surface area contributed by atoms with Crippen LogP contribution in [0.2, 0.25) is 5.15 Å². The molecule has 1 amide bonds. The maximum Gasteiger partial charge on any atom is 0.224 e. The third-order valence-corrected chi connectivity index (χ3v) is 2.42. The quantitative estimate of drug-likeness (QED) is 0.820. The predicted octanol–water partition coefficient (Wildman–Crippen LogP) is 1.14. The second kappa shape index (κ2) is 6.06. The van der Waals surface area contributed by atoms with Crippen LogP contribution in [0.5, 0.6) is 0 Å². The number of anilines is 1. The zero-order chi connectivity index (χ0) is 12.8. The van der Waals surface area contributed by atoms with E-state index >= 15 is 0 Å². The van der Waals surface area contributed by atoms with Crippen LogP contribution in [0, 0.1) is 0 Å². The van der Waals surface area contributed by atoms with E-state index in [2.05, 4.69) is 25.8 Å². The van der Waals surface area contributed by atoms with E-state index in [1.807, 2.05) is 0 Å². The summed E-state index contributed by atoms with van der Waals surface area (Å²) in [6.45, 7) is 0.610. The maximum absolute atomic E-state index is 11.6. The molecule has 0 radical (unpaired) electrons. The molecule has 0 aliphatic heterocycles. The van der Waals surface area contributed by atoms with Crippen molar-refractivity contribution in [3.05, 3.63) is 29.8 Å². The van der Waals surface area contributed by atoms with Gasteiger partial charge in [0.05, 0.1) is 11.9 Å². The monoisotopic (exact) mass is 266 g/mol. The van der Waals surface area contributed by atoms with Gasteiger partial charge in [-0.1, -0.05) is 11.6 Å². The Kier molecular flexibility index (Phi) is 4.19. The standard InChI is InChI=1S/C10H11ClN6O/c11-9-4-3-8(6-12-9)14-10(18)2-1-5-17-7-13-15-16-17/h3-4,6-7H,1-2,5H2,(H,14,18). The highest BCUT2D eigenvalue weighted by molar-refractivity contribution is 6.29. The average molecular weight is 267 g/mol. The van der Waals surface area contributed by atoms with Crippen molar-refractivity contribution in [3.63, 3.8) is 0 Å². The van der Waals surface area contributed by atoms with Crippen LogP contribution in [0.15, 0.2) is 24.7 Å². The Morgan fingerprint density at radius 1 is 1.44 bits per heavy atom. The summed E-state index contributed by atoms with van der Waals surface area (Å²) in [4.78, 5) is 15.5. The maximum atomic E-state index is 11.6. The first-order chi connectivity index (χ1) is 8.74. The lowest BCUT2D eigenvalue weighted by Gasteiger charge is -2.04. The number of carbonyl (C=O) groups is 1. The minimum Gasteiger partial charge on any atom is -0.325 e. The normalized spacial score (nSPS) is 10.3. The van der Waals surface area contributed by atoms with Crippen LogP contribution in [-0.2, 0) is 11.3 Å². The number of rotatable bonds is 5. The van der Waals surface area contributed by atoms with Gasteiger partial charge in [0.25, 0.3) is 0 Å². The third-order valence-electron chi connectivity index (χ3n) is 2.19. The van der Waals surface area contributed by atoms with Gasteiger partial charge in [0.15, 0.2) is 0 Å². The molecule has 0 fully saturated rings. The van der Waals surface area contributed by atoms with Gasteiger partial charge in [0.2, 0.25) is 5.91 Å². The SMILES string of the molecule is O=C(CCCn1cnnn1)Nc1ccc(Cl)nc1. The van der Waals surface area contributed by atoms with Crippen LogP contribution in [0.1, 0.15) is 12.8 Å². The highest BCUT2D eigenvalue weighted by atomic mass is 35.5. The third kappa shape index (κ3) is 3.77. The molecule has 0 bridgehead atoms. The Bertz CT molecular complexity index is 498. The molecule has 0 aromatic carbocycles. The molecule has 2 rings (SSSR count). The van der Waals surface area contributed by atoms with Gasteiger partial charge in [0.1, 0.15) is 11.5 Å². The molecule has 2 aromatic rings. The van der Waals surface area contributed by atoms with Crippen molar-refractivity contribution in [2.45, 2.75) is 19.4 Å². The van der Waals surface area contributed by atoms with Gasteiger partial charge in [-0.05, 0) is 29.0 Å². The van der Waals surface area contributed by atoms with Crippen LogP contribution in [0.25, 0.3) is 0 Å². The van der Waals surface area contributed by atoms with Crippen LogP contribution >= 0.6 is 11.6 Å². The van der Waals surface area contributed by atoms with Crippen molar-refractivity contribution in [2.75, 3.05) is 5.32 Å². The zero-order valence-corrected chi connectivity index (χ0v) is 10.2. The van der Waals surface area contributed by atoms with Crippen molar-refractivity contribution < 1.29 is 4.79 Å². The molecule has 8 heteroatoms. The molecule has 2 aromatic heterocycles. The smallest absolute Gasteiger partial charge is 0.224 e. The number of aromatic nitrogens is 5. The molecule has 2 heterocycles. The van der Waals surface area contributed by atoms with Crippen molar-refractivity contribution in [1.82, 2.24) is 25.2 Å². The molecule has 0 aliphatic rings. The number of nitrogens with one attached hydrogen (secondary N) is 1. The lowest BCUT2D eigenvalue weighted by Crippen LogP contribution is -2.12. The minimum atomic E-state index is -0.0767. The van der Waals surface area contributed by atoms with E-state index in [1.54, 1.807) is 16.8 Å². The predicted molar refractivity (Wildman–Crippen MR) is 64.9 cm³/mol. The fourth-order valence-corrected chi connectivity index (χ4v) is 1.47. The zero-order valence-electron chi connectivity index (χ0n) is 9.45. The van der Waals surface area contributed by atoms with E-state index in [0.717, 1.165) is 0 Å². The molecule has 0 saturated heterocycles. The Morgan fingerprint density at radius 3 is 3.00 bits per heavy atom. The summed E-state index contributed by atoms with van der Waals surface area (Å²) in [5.74, 6) is -0.0767. The van der Waals surface area contributed by atoms with Crippen LogP contribution in [-0.4, -0.2) is 31.1 Å². The number of hydrogen-bond donors (Lipinski definition) is 1. The molecule has 0 aliphatic carbocycles. The summed E-state index contributed by atoms with van der Waals surface area (Å²) in [6.07, 6.45) is 4.09. The summed E-state index contributed by atoms with van der Waals surface area (Å²) in [6, 6.07) is 3.33. The van der Waals surface area contributed by atoms with Crippen molar-refractivity contribution in [1.29, 1.82) is 0 Å². The summed E-state index contributed by atoms with van der Waals surface area (Å²) >= 11 is 5.64. The number of hydrogen-bond acceptors (Lipinski definition) is 5. The number of aryl methyl sites for hydroxylation is 1. The second-order valence-corrected chi connectivity index (χ2v) is 3.98. The van der Waals surface area contributed by atoms with Crippen LogP contribution in [0.3, 0.4) is 0 Å². The van der Waals surface area contributed by atoms with E-state index < -0.39 is 0 Å². The van der Waals surface area contributed by atoms with E-state index in [1.165, 1.54) is 12.5 Å². The topological polar surface area (TPSA) is 85.6 Å². The number of halogens is 1. The largest absolute Gasteiger partial charge is 0.325 e. The number of tetrazole rings is 1. The summed E-state index contributed by atoms with van der Waals surface area (Å²) < 4.78 is 1.58. The highest BCUT2D eigenvalue weighted by Crippen LogP contribution is 2.10. The lowest BCUT2D eigenvalue weighted by atomic mass is 10.3. The molecule has 0 unspecified atom stereocenters. The summed E-state index contributed by atoms with van der Waals surface area (Å²) in [5.41, 5.74) is 0.631. The number of carbonyl (C=O) groups excluding carboxylic acids is 1. The Balaban J connectivity index is 1.73. The molecule has 18 heavy (non-hydrogen) atoms. The van der Waals surface area contributed by atoms with Gasteiger partial charge in [-0.15, -0.1) is 5.10 Å². The first-order valence-corrected chi connectivity index (χ1v) is 5.74. The Hall–Kier alpha value is -2.02. The van der Waals surface area contributed by atoms with Crippen molar-refractivity contribution in [3.8, 4) is 0 Å². The van der Waals surface area contributed by atoms with Crippen molar-refractivity contribution in [2.24, 2.45) is 0 Å². The van der Waals surface area contributed by atoms with Gasteiger partial charge in [-0.25, -0.2) is 9.67 Å². The number of pyridine rings is 1. The van der Waals surface area contributed by atoms with Gasteiger partial charge in [-0.2, -0.15) is 0 Å². The highest BCUT2D eigenvalue weighted by Gasteiger charge is 2.03. The van der Waals surface area contributed by atoms with Crippen LogP contribution in [0.4, 0.5) is 5.69 Å². The van der Waals surface area contributed by atoms with Gasteiger partial charge >= 0.3 is 0 Å². The first-order valence-electron chi connectivity index (χ1n) is 5.36. The molecule has 0 atom stereocenters. The Morgan fingerprint density at radius 2 is 2.33 bits per heavy atom. The molecule has 1 N–H and O–H groups in total. The van der Waals surface area contributed by atoms with E-state index in [9.17, 15) is 4.79 Å². The molecule has 0 saturated carbocycles. The van der Waals surface area contributed by atoms with Gasteiger partial charge in [0, 0.05) is 13.0 Å². The molecule has 7 nitrogen and oxygen atoms in total. The molecular formula is C10H11ClN6O. The molecule has 0 spiro atoms. The van der Waals surface area contributed by atoms with E-state index in [4.69, 9.17) is 11.6 Å². The fourth-order valence-electron chi connectivity index (χ4n) is 1.36. The average Bonchev–Trinajstić information content (AvgIpc) is 2.85. The van der Waals surface area contributed by atoms with Gasteiger partial charge < -0.3 is 5.32 Å². The van der Waals surface area contributed by atoms with E-state index in [0.29, 0.717) is 30.2 Å². The number of amides is 1. The van der Waals surface area contributed by atoms with Crippen LogP contribution < -0.4 is 5.32 Å². The minimum absolute atomic E-state index is 0.0767. The van der Waals surface area contributed by atoms with Gasteiger partial charge in [-0.3, -0.25) is 4.79 Å².